The lowest BCUT2D eigenvalue weighted by molar-refractivity contribution is 0.112. The Kier molecular flexibility index (Phi) is 3.28. The molecule has 3 aromatic rings. The number of hydrogen-bond donors (Lipinski definition) is 0. The van der Waals surface area contributed by atoms with Crippen LogP contribution in [0.5, 0.6) is 5.75 Å². The van der Waals surface area contributed by atoms with Crippen molar-refractivity contribution in [2.24, 2.45) is 0 Å². The van der Waals surface area contributed by atoms with E-state index in [0.717, 1.165) is 5.56 Å². The SMILES string of the molecule is COc1ccc(C=O)c2oc(=O)cc(-c3ccccc3)c12. The van der Waals surface area contributed by atoms with Gasteiger partial charge in [0.1, 0.15) is 5.75 Å². The molecule has 0 atom stereocenters. The fourth-order valence-electron chi connectivity index (χ4n) is 2.37. The van der Waals surface area contributed by atoms with Gasteiger partial charge in [-0.1, -0.05) is 30.3 Å². The quantitative estimate of drug-likeness (QED) is 0.545. The van der Waals surface area contributed by atoms with Crippen LogP contribution >= 0.6 is 0 Å². The minimum absolute atomic E-state index is 0.246. The first-order valence-corrected chi connectivity index (χ1v) is 6.40. The monoisotopic (exact) mass is 280 g/mol. The number of hydrogen-bond acceptors (Lipinski definition) is 4. The highest BCUT2D eigenvalue weighted by Crippen LogP contribution is 2.35. The second-order valence-corrected chi connectivity index (χ2v) is 4.52. The van der Waals surface area contributed by atoms with Gasteiger partial charge in [0.2, 0.25) is 0 Å². The topological polar surface area (TPSA) is 56.5 Å². The van der Waals surface area contributed by atoms with Gasteiger partial charge in [0, 0.05) is 11.6 Å². The van der Waals surface area contributed by atoms with Crippen LogP contribution in [-0.2, 0) is 0 Å². The normalized spacial score (nSPS) is 10.5. The number of carbonyl (C=O) groups is 1. The van der Waals surface area contributed by atoms with Gasteiger partial charge in [0.25, 0.3) is 0 Å². The second kappa shape index (κ2) is 5.25. The first-order chi connectivity index (χ1) is 10.2. The van der Waals surface area contributed by atoms with Gasteiger partial charge in [-0.05, 0) is 17.7 Å². The number of fused-ring (bicyclic) bond motifs is 1. The van der Waals surface area contributed by atoms with Crippen molar-refractivity contribution in [1.82, 2.24) is 0 Å². The predicted molar refractivity (Wildman–Crippen MR) is 79.9 cm³/mol. The van der Waals surface area contributed by atoms with Crippen molar-refractivity contribution in [2.45, 2.75) is 0 Å². The summed E-state index contributed by atoms with van der Waals surface area (Å²) in [5.41, 5.74) is 1.60. The van der Waals surface area contributed by atoms with Crippen molar-refractivity contribution in [3.63, 3.8) is 0 Å². The minimum atomic E-state index is -0.502. The highest BCUT2D eigenvalue weighted by molar-refractivity contribution is 6.04. The summed E-state index contributed by atoms with van der Waals surface area (Å²) in [6.07, 6.45) is 0.666. The van der Waals surface area contributed by atoms with E-state index in [1.54, 1.807) is 12.1 Å². The summed E-state index contributed by atoms with van der Waals surface area (Å²) in [6.45, 7) is 0. The number of methoxy groups -OCH3 is 1. The van der Waals surface area contributed by atoms with Crippen molar-refractivity contribution in [3.05, 3.63) is 64.5 Å². The van der Waals surface area contributed by atoms with Gasteiger partial charge >= 0.3 is 5.63 Å². The number of rotatable bonds is 3. The van der Waals surface area contributed by atoms with Crippen molar-refractivity contribution < 1.29 is 13.9 Å². The maximum Gasteiger partial charge on any atom is 0.336 e. The summed E-state index contributed by atoms with van der Waals surface area (Å²) in [4.78, 5) is 23.0. The van der Waals surface area contributed by atoms with E-state index in [1.807, 2.05) is 30.3 Å². The van der Waals surface area contributed by atoms with Crippen LogP contribution < -0.4 is 10.4 Å². The standard InChI is InChI=1S/C17H12O4/c1-20-14-8-7-12(10-18)17-16(14)13(9-15(19)21-17)11-5-3-2-4-6-11/h2-10H,1H3. The average Bonchev–Trinajstić information content (AvgIpc) is 2.53. The Hall–Kier alpha value is -2.88. The molecule has 1 aromatic heterocycles. The maximum absolute atomic E-state index is 11.8. The molecule has 2 aromatic carbocycles. The van der Waals surface area contributed by atoms with Gasteiger partial charge in [0.05, 0.1) is 18.1 Å². The van der Waals surface area contributed by atoms with E-state index in [-0.39, 0.29) is 5.58 Å². The summed E-state index contributed by atoms with van der Waals surface area (Å²) < 4.78 is 10.6. The zero-order valence-electron chi connectivity index (χ0n) is 11.3. The molecule has 0 aliphatic rings. The molecule has 0 unspecified atom stereocenters. The molecule has 3 rings (SSSR count). The van der Waals surface area contributed by atoms with Gasteiger partial charge in [-0.3, -0.25) is 4.79 Å². The van der Waals surface area contributed by atoms with E-state index < -0.39 is 5.63 Å². The molecule has 0 fully saturated rings. The molecule has 0 saturated carbocycles. The van der Waals surface area contributed by atoms with Gasteiger partial charge in [0.15, 0.2) is 11.9 Å². The number of ether oxygens (including phenoxy) is 1. The lowest BCUT2D eigenvalue weighted by Crippen LogP contribution is -2.01. The summed E-state index contributed by atoms with van der Waals surface area (Å²) in [5, 5.41) is 0.618. The third-order valence-electron chi connectivity index (χ3n) is 3.32. The van der Waals surface area contributed by atoms with E-state index in [4.69, 9.17) is 9.15 Å². The van der Waals surface area contributed by atoms with Crippen molar-refractivity contribution in [1.29, 1.82) is 0 Å². The molecule has 0 radical (unpaired) electrons. The molecule has 0 spiro atoms. The van der Waals surface area contributed by atoms with Gasteiger partial charge in [-0.2, -0.15) is 0 Å². The highest BCUT2D eigenvalue weighted by atomic mass is 16.5. The molecule has 104 valence electrons. The maximum atomic E-state index is 11.8. The first kappa shape index (κ1) is 13.1. The average molecular weight is 280 g/mol. The number of benzene rings is 2. The Morgan fingerprint density at radius 1 is 1.10 bits per heavy atom. The van der Waals surface area contributed by atoms with Crippen LogP contribution in [0.2, 0.25) is 0 Å². The Balaban J connectivity index is 2.49. The molecule has 4 nitrogen and oxygen atoms in total. The van der Waals surface area contributed by atoms with Crippen LogP contribution in [0, 0.1) is 0 Å². The van der Waals surface area contributed by atoms with E-state index in [0.29, 0.717) is 28.5 Å². The van der Waals surface area contributed by atoms with Gasteiger partial charge < -0.3 is 9.15 Å². The summed E-state index contributed by atoms with van der Waals surface area (Å²) in [5.74, 6) is 0.554. The fraction of sp³-hybridized carbons (Fsp3) is 0.0588. The van der Waals surface area contributed by atoms with Crippen LogP contribution in [0.4, 0.5) is 0 Å². The third-order valence-corrected chi connectivity index (χ3v) is 3.32. The Bertz CT molecular complexity index is 863. The highest BCUT2D eigenvalue weighted by Gasteiger charge is 2.15. The van der Waals surface area contributed by atoms with E-state index in [2.05, 4.69) is 0 Å². The van der Waals surface area contributed by atoms with E-state index in [9.17, 15) is 9.59 Å². The van der Waals surface area contributed by atoms with E-state index >= 15 is 0 Å². The zero-order chi connectivity index (χ0) is 14.8. The molecule has 0 N–H and O–H groups in total. The minimum Gasteiger partial charge on any atom is -0.496 e. The third kappa shape index (κ3) is 2.21. The van der Waals surface area contributed by atoms with Crippen LogP contribution in [-0.4, -0.2) is 13.4 Å². The van der Waals surface area contributed by atoms with Crippen molar-refractivity contribution >= 4 is 17.3 Å². The van der Waals surface area contributed by atoms with Crippen molar-refractivity contribution in [3.8, 4) is 16.9 Å². The smallest absolute Gasteiger partial charge is 0.336 e. The number of carbonyl (C=O) groups excluding carboxylic acids is 1. The predicted octanol–water partition coefficient (Wildman–Crippen LogP) is 3.28. The van der Waals surface area contributed by atoms with Crippen molar-refractivity contribution in [2.75, 3.05) is 7.11 Å². The summed E-state index contributed by atoms with van der Waals surface area (Å²) in [7, 11) is 1.54. The van der Waals surface area contributed by atoms with Crippen LogP contribution in [0.1, 0.15) is 10.4 Å². The van der Waals surface area contributed by atoms with Gasteiger partial charge in [-0.15, -0.1) is 0 Å². The molecule has 0 amide bonds. The van der Waals surface area contributed by atoms with E-state index in [1.165, 1.54) is 13.2 Å². The zero-order valence-corrected chi connectivity index (χ0v) is 11.3. The molecule has 0 aliphatic heterocycles. The lowest BCUT2D eigenvalue weighted by Gasteiger charge is -2.11. The van der Waals surface area contributed by atoms with Crippen LogP contribution in [0.3, 0.4) is 0 Å². The van der Waals surface area contributed by atoms with Crippen LogP contribution in [0.15, 0.2) is 57.7 Å². The molecule has 0 bridgehead atoms. The van der Waals surface area contributed by atoms with Crippen LogP contribution in [0.25, 0.3) is 22.1 Å². The molecule has 0 aliphatic carbocycles. The summed E-state index contributed by atoms with van der Waals surface area (Å²) in [6, 6.07) is 14.1. The Morgan fingerprint density at radius 2 is 1.86 bits per heavy atom. The molecule has 21 heavy (non-hydrogen) atoms. The molecule has 1 heterocycles. The summed E-state index contributed by atoms with van der Waals surface area (Å²) >= 11 is 0. The molecule has 4 heteroatoms. The fourth-order valence-corrected chi connectivity index (χ4v) is 2.37. The molecular weight excluding hydrogens is 268 g/mol. The number of aldehydes is 1. The first-order valence-electron chi connectivity index (χ1n) is 6.40. The molecule has 0 saturated heterocycles. The lowest BCUT2D eigenvalue weighted by atomic mass is 9.99. The Morgan fingerprint density at radius 3 is 2.52 bits per heavy atom. The second-order valence-electron chi connectivity index (χ2n) is 4.52. The largest absolute Gasteiger partial charge is 0.496 e. The molecular formula is C17H12O4. The Labute approximate surface area is 120 Å². The van der Waals surface area contributed by atoms with Gasteiger partial charge in [-0.25, -0.2) is 4.79 Å².